The molecule has 3 aromatic carbocycles. The second-order valence-corrected chi connectivity index (χ2v) is 10.5. The highest BCUT2D eigenvalue weighted by Crippen LogP contribution is 2.34. The van der Waals surface area contributed by atoms with Crippen molar-refractivity contribution in [1.82, 2.24) is 4.31 Å². The van der Waals surface area contributed by atoms with E-state index in [2.05, 4.69) is 0 Å². The zero-order valence-corrected chi connectivity index (χ0v) is 20.7. The molecule has 1 N–H and O–H groups in total. The summed E-state index contributed by atoms with van der Waals surface area (Å²) in [4.78, 5) is 27.7. The van der Waals surface area contributed by atoms with Crippen LogP contribution in [0.15, 0.2) is 71.6 Å². The average Bonchev–Trinajstić information content (AvgIpc) is 3.01. The SMILES string of the molecule is COC(=O)C1CN(C(=O)c2ccc(Cl)cc2Cl)c2ccccc2CN1S(=O)(=O)c1ccc(O)cc1. The number of esters is 1. The minimum absolute atomic E-state index is 0.105. The third-order valence-electron chi connectivity index (χ3n) is 5.63. The summed E-state index contributed by atoms with van der Waals surface area (Å²) in [7, 11) is -3.09. The number of aromatic hydroxyl groups is 1. The lowest BCUT2D eigenvalue weighted by molar-refractivity contribution is -0.144. The standard InChI is InChI=1S/C24H20Cl2N2O6S/c1-34-24(31)22-14-27(23(30)19-11-6-16(25)12-20(19)26)21-5-3-2-4-15(21)13-28(22)35(32,33)18-9-7-17(29)8-10-18/h2-12,22,29H,13-14H2,1H3. The van der Waals surface area contributed by atoms with E-state index in [4.69, 9.17) is 27.9 Å². The van der Waals surface area contributed by atoms with Gasteiger partial charge in [-0.1, -0.05) is 41.4 Å². The summed E-state index contributed by atoms with van der Waals surface area (Å²) < 4.78 is 33.2. The van der Waals surface area contributed by atoms with Gasteiger partial charge in [-0.15, -0.1) is 0 Å². The Morgan fingerprint density at radius 2 is 1.71 bits per heavy atom. The fourth-order valence-corrected chi connectivity index (χ4v) is 5.92. The van der Waals surface area contributed by atoms with Gasteiger partial charge in [0.05, 0.1) is 29.1 Å². The molecule has 0 saturated carbocycles. The van der Waals surface area contributed by atoms with Crippen LogP contribution in [0, 0.1) is 0 Å². The molecule has 35 heavy (non-hydrogen) atoms. The van der Waals surface area contributed by atoms with E-state index in [1.54, 1.807) is 24.3 Å². The van der Waals surface area contributed by atoms with Gasteiger partial charge in [0.25, 0.3) is 5.91 Å². The third kappa shape index (κ3) is 4.85. The molecule has 11 heteroatoms. The first-order valence-corrected chi connectivity index (χ1v) is 12.6. The van der Waals surface area contributed by atoms with E-state index in [1.807, 2.05) is 0 Å². The summed E-state index contributed by atoms with van der Waals surface area (Å²) in [6.07, 6.45) is 0. The van der Waals surface area contributed by atoms with Gasteiger partial charge in [0.15, 0.2) is 0 Å². The van der Waals surface area contributed by atoms with Crippen LogP contribution in [0.2, 0.25) is 10.0 Å². The van der Waals surface area contributed by atoms with Crippen molar-refractivity contribution in [3.05, 3.63) is 87.9 Å². The molecule has 1 aliphatic heterocycles. The smallest absolute Gasteiger partial charge is 0.326 e. The molecule has 0 aromatic heterocycles. The molecule has 3 aromatic rings. The van der Waals surface area contributed by atoms with Crippen LogP contribution < -0.4 is 4.90 Å². The fourth-order valence-electron chi connectivity index (χ4n) is 3.88. The predicted octanol–water partition coefficient (Wildman–Crippen LogP) is 4.09. The van der Waals surface area contributed by atoms with Gasteiger partial charge in [0.2, 0.25) is 10.0 Å². The lowest BCUT2D eigenvalue weighted by Crippen LogP contribution is -2.50. The van der Waals surface area contributed by atoms with Crippen LogP contribution in [0.4, 0.5) is 5.69 Å². The summed E-state index contributed by atoms with van der Waals surface area (Å²) in [5.74, 6) is -1.47. The van der Waals surface area contributed by atoms with Gasteiger partial charge in [0, 0.05) is 17.3 Å². The number of fused-ring (bicyclic) bond motifs is 1. The zero-order chi connectivity index (χ0) is 25.3. The Labute approximate surface area is 212 Å². The van der Waals surface area contributed by atoms with Crippen LogP contribution in [0.3, 0.4) is 0 Å². The monoisotopic (exact) mass is 534 g/mol. The lowest BCUT2D eigenvalue weighted by Gasteiger charge is -2.29. The number of methoxy groups -OCH3 is 1. The van der Waals surface area contributed by atoms with Crippen LogP contribution in [-0.4, -0.2) is 49.4 Å². The number of phenols is 1. The first-order chi connectivity index (χ1) is 16.6. The Balaban J connectivity index is 1.85. The molecular weight excluding hydrogens is 515 g/mol. The van der Waals surface area contributed by atoms with E-state index in [0.29, 0.717) is 16.3 Å². The number of carbonyl (C=O) groups is 2. The zero-order valence-electron chi connectivity index (χ0n) is 18.4. The molecular formula is C24H20Cl2N2O6S. The predicted molar refractivity (Wildman–Crippen MR) is 131 cm³/mol. The second kappa shape index (κ2) is 9.87. The molecule has 1 unspecified atom stereocenters. The Hall–Kier alpha value is -3.11. The molecule has 0 radical (unpaired) electrons. The van der Waals surface area contributed by atoms with E-state index in [9.17, 15) is 23.1 Å². The second-order valence-electron chi connectivity index (χ2n) is 7.75. The van der Waals surface area contributed by atoms with Crippen molar-refractivity contribution in [2.75, 3.05) is 18.6 Å². The summed E-state index contributed by atoms with van der Waals surface area (Å²) in [5.41, 5.74) is 1.07. The normalized spacial score (nSPS) is 16.3. The van der Waals surface area contributed by atoms with E-state index >= 15 is 0 Å². The Morgan fingerprint density at radius 1 is 1.03 bits per heavy atom. The van der Waals surface area contributed by atoms with E-state index < -0.39 is 27.9 Å². The number of ether oxygens (including phenoxy) is 1. The number of phenolic OH excluding ortho intramolecular Hbond substituents is 1. The van der Waals surface area contributed by atoms with Crippen LogP contribution in [0.1, 0.15) is 15.9 Å². The topological polar surface area (TPSA) is 104 Å². The molecule has 8 nitrogen and oxygen atoms in total. The largest absolute Gasteiger partial charge is 0.508 e. The minimum Gasteiger partial charge on any atom is -0.508 e. The molecule has 182 valence electrons. The average molecular weight is 535 g/mol. The van der Waals surface area contributed by atoms with Crippen LogP contribution in [0.25, 0.3) is 0 Å². The molecule has 1 amide bonds. The minimum atomic E-state index is -4.24. The maximum Gasteiger partial charge on any atom is 0.326 e. The number of hydrogen-bond donors (Lipinski definition) is 1. The van der Waals surface area contributed by atoms with Crippen molar-refractivity contribution < 1.29 is 27.9 Å². The van der Waals surface area contributed by atoms with Gasteiger partial charge in [0.1, 0.15) is 11.8 Å². The number of anilines is 1. The van der Waals surface area contributed by atoms with Gasteiger partial charge >= 0.3 is 5.97 Å². The summed E-state index contributed by atoms with van der Waals surface area (Å²) in [5, 5.41) is 10.1. The first kappa shape index (κ1) is 25.0. The van der Waals surface area contributed by atoms with Crippen molar-refractivity contribution in [3.63, 3.8) is 0 Å². The molecule has 0 fully saturated rings. The molecule has 0 bridgehead atoms. The molecule has 4 rings (SSSR count). The number of nitrogens with zero attached hydrogens (tertiary/aromatic N) is 2. The number of hydrogen-bond acceptors (Lipinski definition) is 6. The number of sulfonamides is 1. The third-order valence-corrected chi connectivity index (χ3v) is 8.05. The van der Waals surface area contributed by atoms with Gasteiger partial charge in [-0.25, -0.2) is 8.42 Å². The Morgan fingerprint density at radius 3 is 2.37 bits per heavy atom. The Kier molecular flexibility index (Phi) is 7.05. The van der Waals surface area contributed by atoms with Gasteiger partial charge < -0.3 is 14.7 Å². The van der Waals surface area contributed by atoms with E-state index in [-0.39, 0.29) is 34.3 Å². The summed E-state index contributed by atoms with van der Waals surface area (Å²) in [6.45, 7) is -0.518. The van der Waals surface area contributed by atoms with E-state index in [1.165, 1.54) is 47.4 Å². The van der Waals surface area contributed by atoms with Gasteiger partial charge in [-0.3, -0.25) is 9.59 Å². The number of carbonyl (C=O) groups excluding carboxylic acids is 2. The fraction of sp³-hybridized carbons (Fsp3) is 0.167. The summed E-state index contributed by atoms with van der Waals surface area (Å²) >= 11 is 12.3. The summed E-state index contributed by atoms with van der Waals surface area (Å²) in [6, 6.07) is 14.8. The van der Waals surface area contributed by atoms with Gasteiger partial charge in [-0.2, -0.15) is 4.31 Å². The number of rotatable bonds is 4. The maximum atomic E-state index is 13.6. The van der Waals surface area contributed by atoms with Crippen molar-refractivity contribution in [1.29, 1.82) is 0 Å². The Bertz CT molecular complexity index is 1400. The molecule has 1 atom stereocenters. The quantitative estimate of drug-likeness (QED) is 0.505. The molecule has 0 saturated heterocycles. The highest BCUT2D eigenvalue weighted by atomic mass is 35.5. The number of halogens is 2. The van der Waals surface area contributed by atoms with Crippen molar-refractivity contribution in [3.8, 4) is 5.75 Å². The number of amides is 1. The molecule has 0 spiro atoms. The molecule has 1 aliphatic rings. The highest BCUT2D eigenvalue weighted by molar-refractivity contribution is 7.89. The van der Waals surface area contributed by atoms with Crippen molar-refractivity contribution >= 4 is 50.8 Å². The number of benzene rings is 3. The van der Waals surface area contributed by atoms with Crippen LogP contribution >= 0.6 is 23.2 Å². The molecule has 1 heterocycles. The highest BCUT2D eigenvalue weighted by Gasteiger charge is 2.42. The number of para-hydroxylation sites is 1. The molecule has 0 aliphatic carbocycles. The van der Waals surface area contributed by atoms with Crippen LogP contribution in [-0.2, 0) is 26.1 Å². The maximum absolute atomic E-state index is 13.6. The van der Waals surface area contributed by atoms with E-state index in [0.717, 1.165) is 11.4 Å². The van der Waals surface area contributed by atoms with Crippen LogP contribution in [0.5, 0.6) is 5.75 Å². The van der Waals surface area contributed by atoms with Crippen molar-refractivity contribution in [2.45, 2.75) is 17.5 Å². The van der Waals surface area contributed by atoms with Gasteiger partial charge in [-0.05, 0) is 54.1 Å². The first-order valence-electron chi connectivity index (χ1n) is 10.4. The lowest BCUT2D eigenvalue weighted by atomic mass is 10.1. The van der Waals surface area contributed by atoms with Crippen molar-refractivity contribution in [2.24, 2.45) is 0 Å².